The molecule has 6 heteroatoms. The van der Waals surface area contributed by atoms with Crippen molar-refractivity contribution in [1.29, 1.82) is 0 Å². The van der Waals surface area contributed by atoms with Crippen LogP contribution in [0.25, 0.3) is 0 Å². The molecule has 0 radical (unpaired) electrons. The molecular weight excluding hydrogens is 564 g/mol. The zero-order chi connectivity index (χ0) is 32.8. The van der Waals surface area contributed by atoms with Gasteiger partial charge in [-0.25, -0.2) is 0 Å². The van der Waals surface area contributed by atoms with E-state index in [9.17, 15) is 9.59 Å². The molecule has 0 aromatic heterocycles. The number of carbonyl (C=O) groups is 2. The first-order valence-electron chi connectivity index (χ1n) is 16.7. The van der Waals surface area contributed by atoms with Gasteiger partial charge in [0.2, 0.25) is 11.5 Å². The Morgan fingerprint density at radius 2 is 1.60 bits per heavy atom. The van der Waals surface area contributed by atoms with Crippen molar-refractivity contribution < 1.29 is 28.5 Å². The predicted molar refractivity (Wildman–Crippen MR) is 181 cm³/mol. The first-order valence-corrected chi connectivity index (χ1v) is 16.7. The van der Waals surface area contributed by atoms with Crippen LogP contribution in [0.5, 0.6) is 0 Å². The first-order chi connectivity index (χ1) is 21.8. The molecule has 4 atom stereocenters. The standard InChI is InChI=1S/C39H54O6/c1-8-21-32(26-30(9-2)35(41)31-22-17-16-18-23-31)27(3)29(5)44-25-20-15-13-11-10-12-14-19-24-33-28(4)34(40)37(42-6)38(43-7)39-36(33)45-39/h8-9,16-18,22-23,26-27,29,36,39H,1,10-15,19-21,24-25H2,2-7H3/b30-9+,32-26+/t27-,29?,36?,39?/m1/s1. The summed E-state index contributed by atoms with van der Waals surface area (Å²) in [5.74, 6) is 0.918. The molecule has 1 fully saturated rings. The highest BCUT2D eigenvalue weighted by molar-refractivity contribution is 6.10. The third-order valence-electron chi connectivity index (χ3n) is 9.11. The lowest BCUT2D eigenvalue weighted by molar-refractivity contribution is -0.115. The van der Waals surface area contributed by atoms with Crippen molar-refractivity contribution >= 4 is 11.6 Å². The van der Waals surface area contributed by atoms with E-state index < -0.39 is 0 Å². The van der Waals surface area contributed by atoms with Gasteiger partial charge in [-0.2, -0.15) is 0 Å². The molecular formula is C39H54O6. The maximum absolute atomic E-state index is 13.0. The maximum Gasteiger partial charge on any atom is 0.226 e. The largest absolute Gasteiger partial charge is 0.494 e. The summed E-state index contributed by atoms with van der Waals surface area (Å²) < 4.78 is 22.9. The summed E-state index contributed by atoms with van der Waals surface area (Å²) in [4.78, 5) is 25.9. The number of epoxide rings is 1. The van der Waals surface area contributed by atoms with Crippen LogP contribution in [0.4, 0.5) is 0 Å². The van der Waals surface area contributed by atoms with E-state index in [0.29, 0.717) is 16.9 Å². The van der Waals surface area contributed by atoms with Crippen molar-refractivity contribution in [3.8, 4) is 0 Å². The lowest BCUT2D eigenvalue weighted by Crippen LogP contribution is -2.21. The van der Waals surface area contributed by atoms with Crippen LogP contribution < -0.4 is 0 Å². The highest BCUT2D eigenvalue weighted by Crippen LogP contribution is 2.43. The zero-order valence-corrected chi connectivity index (χ0v) is 28.4. The van der Waals surface area contributed by atoms with Gasteiger partial charge in [-0.1, -0.05) is 99.6 Å². The van der Waals surface area contributed by atoms with Crippen molar-refractivity contribution in [2.45, 2.75) is 110 Å². The number of ketones is 2. The van der Waals surface area contributed by atoms with Gasteiger partial charge in [0.1, 0.15) is 12.2 Å². The van der Waals surface area contributed by atoms with Gasteiger partial charge in [0, 0.05) is 29.2 Å². The van der Waals surface area contributed by atoms with Gasteiger partial charge in [0.15, 0.2) is 11.5 Å². The van der Waals surface area contributed by atoms with E-state index in [1.54, 1.807) is 7.11 Å². The Kier molecular flexibility index (Phi) is 15.0. The smallest absolute Gasteiger partial charge is 0.226 e. The summed E-state index contributed by atoms with van der Waals surface area (Å²) in [5, 5.41) is 0. The van der Waals surface area contributed by atoms with Gasteiger partial charge in [-0.15, -0.1) is 6.58 Å². The minimum absolute atomic E-state index is 0.0367. The van der Waals surface area contributed by atoms with Gasteiger partial charge < -0.3 is 18.9 Å². The molecule has 1 heterocycles. The number of fused-ring (bicyclic) bond motifs is 1. The van der Waals surface area contributed by atoms with E-state index in [1.807, 2.05) is 62.4 Å². The van der Waals surface area contributed by atoms with Crippen LogP contribution in [0.1, 0.15) is 102 Å². The number of hydrogen-bond acceptors (Lipinski definition) is 6. The van der Waals surface area contributed by atoms with Crippen LogP contribution in [-0.4, -0.2) is 50.7 Å². The summed E-state index contributed by atoms with van der Waals surface area (Å²) in [6.07, 6.45) is 16.5. The second-order valence-electron chi connectivity index (χ2n) is 12.2. The van der Waals surface area contributed by atoms with Crippen LogP contribution in [0, 0.1) is 5.92 Å². The average molecular weight is 619 g/mol. The SMILES string of the molecule is C=CC/C(=C\C(=C/C)C(=O)c1ccccc1)[C@H](C)C(C)OCCCCCCCCCCC1=C(C)C(=O)C(OC)=C(OC)C2OC12. The highest BCUT2D eigenvalue weighted by atomic mass is 16.6. The summed E-state index contributed by atoms with van der Waals surface area (Å²) in [5.41, 5.74) is 4.40. The molecule has 0 N–H and O–H groups in total. The molecule has 1 aliphatic heterocycles. The number of methoxy groups -OCH3 is 2. The zero-order valence-electron chi connectivity index (χ0n) is 28.4. The van der Waals surface area contributed by atoms with E-state index >= 15 is 0 Å². The van der Waals surface area contributed by atoms with Crippen LogP contribution in [-0.2, 0) is 23.7 Å². The first kappa shape index (κ1) is 36.3. The van der Waals surface area contributed by atoms with Gasteiger partial charge >= 0.3 is 0 Å². The van der Waals surface area contributed by atoms with Crippen LogP contribution in [0.3, 0.4) is 0 Å². The summed E-state index contributed by atoms with van der Waals surface area (Å²) in [6, 6.07) is 9.42. The summed E-state index contributed by atoms with van der Waals surface area (Å²) >= 11 is 0. The Bertz CT molecular complexity index is 1270. The van der Waals surface area contributed by atoms with Crippen molar-refractivity contribution in [1.82, 2.24) is 0 Å². The molecule has 0 amide bonds. The second kappa shape index (κ2) is 18.7. The molecule has 1 aromatic rings. The van der Waals surface area contributed by atoms with E-state index in [-0.39, 0.29) is 41.6 Å². The number of Topliss-reactive ketones (excluding diaryl/α,β-unsaturated/α-hetero) is 2. The summed E-state index contributed by atoms with van der Waals surface area (Å²) in [7, 11) is 3.07. The Labute approximate surface area is 271 Å². The molecule has 1 aromatic carbocycles. The van der Waals surface area contributed by atoms with Gasteiger partial charge in [-0.3, -0.25) is 9.59 Å². The number of hydrogen-bond donors (Lipinski definition) is 0. The van der Waals surface area contributed by atoms with Crippen molar-refractivity contribution in [2.24, 2.45) is 5.92 Å². The van der Waals surface area contributed by atoms with Crippen molar-refractivity contribution in [3.05, 3.63) is 94.5 Å². The monoisotopic (exact) mass is 618 g/mol. The number of rotatable bonds is 21. The fourth-order valence-corrected chi connectivity index (χ4v) is 6.05. The normalized spacial score (nSPS) is 20.0. The molecule has 1 saturated heterocycles. The summed E-state index contributed by atoms with van der Waals surface area (Å²) in [6.45, 7) is 12.8. The van der Waals surface area contributed by atoms with Gasteiger partial charge in [-0.05, 0) is 52.0 Å². The molecule has 0 saturated carbocycles. The molecule has 246 valence electrons. The third kappa shape index (κ3) is 10.1. The van der Waals surface area contributed by atoms with E-state index in [2.05, 4.69) is 20.4 Å². The Balaban J connectivity index is 1.31. The Hall–Kier alpha value is -3.22. The second-order valence-corrected chi connectivity index (χ2v) is 12.2. The maximum atomic E-state index is 13.0. The third-order valence-corrected chi connectivity index (χ3v) is 9.11. The fraction of sp³-hybridized carbons (Fsp3) is 0.538. The lowest BCUT2D eigenvalue weighted by Gasteiger charge is -2.23. The number of ether oxygens (including phenoxy) is 4. The molecule has 6 nitrogen and oxygen atoms in total. The quantitative estimate of drug-likeness (QED) is 0.0342. The molecule has 1 aliphatic carbocycles. The minimum Gasteiger partial charge on any atom is -0.494 e. The van der Waals surface area contributed by atoms with Crippen LogP contribution in [0.15, 0.2) is 88.9 Å². The molecule has 0 bridgehead atoms. The number of allylic oxidation sites excluding steroid dienone is 5. The van der Waals surface area contributed by atoms with E-state index in [0.717, 1.165) is 61.9 Å². The van der Waals surface area contributed by atoms with Crippen molar-refractivity contribution in [2.75, 3.05) is 20.8 Å². The van der Waals surface area contributed by atoms with E-state index in [1.165, 1.54) is 32.8 Å². The number of unbranched alkanes of at least 4 members (excludes halogenated alkanes) is 7. The van der Waals surface area contributed by atoms with Crippen LogP contribution in [0.2, 0.25) is 0 Å². The molecule has 3 unspecified atom stereocenters. The Morgan fingerprint density at radius 1 is 0.956 bits per heavy atom. The number of benzene rings is 1. The van der Waals surface area contributed by atoms with Gasteiger partial charge in [0.25, 0.3) is 0 Å². The van der Waals surface area contributed by atoms with Crippen molar-refractivity contribution in [3.63, 3.8) is 0 Å². The average Bonchev–Trinajstić information content (AvgIpc) is 3.85. The Morgan fingerprint density at radius 3 is 2.20 bits per heavy atom. The fourth-order valence-electron chi connectivity index (χ4n) is 6.05. The number of carbonyl (C=O) groups excluding carboxylic acids is 2. The van der Waals surface area contributed by atoms with Crippen LogP contribution >= 0.6 is 0 Å². The topological polar surface area (TPSA) is 74.4 Å². The molecule has 0 spiro atoms. The van der Waals surface area contributed by atoms with E-state index in [4.69, 9.17) is 18.9 Å². The molecule has 2 aliphatic rings. The minimum atomic E-state index is -0.191. The highest BCUT2D eigenvalue weighted by Gasteiger charge is 2.51. The lowest BCUT2D eigenvalue weighted by atomic mass is 9.90. The predicted octanol–water partition coefficient (Wildman–Crippen LogP) is 9.04. The van der Waals surface area contributed by atoms with Gasteiger partial charge in [0.05, 0.1) is 20.3 Å². The molecule has 45 heavy (non-hydrogen) atoms. The molecule has 3 rings (SSSR count).